The quantitative estimate of drug-likeness (QED) is 0.830. The molecule has 102 valence electrons. The van der Waals surface area contributed by atoms with Crippen molar-refractivity contribution >= 4 is 17.2 Å². The van der Waals surface area contributed by atoms with Crippen LogP contribution in [0.25, 0.3) is 0 Å². The fourth-order valence-corrected chi connectivity index (χ4v) is 2.56. The second-order valence-corrected chi connectivity index (χ2v) is 5.36. The summed E-state index contributed by atoms with van der Waals surface area (Å²) in [7, 11) is 0. The van der Waals surface area contributed by atoms with E-state index in [9.17, 15) is 0 Å². The number of pyridine rings is 1. The maximum Gasteiger partial charge on any atom is 0.168 e. The summed E-state index contributed by atoms with van der Waals surface area (Å²) >= 11 is 1.73. The van der Waals surface area contributed by atoms with Gasteiger partial charge in [0.15, 0.2) is 11.6 Å². The molecule has 0 spiro atoms. The fourth-order valence-electron chi connectivity index (χ4n) is 1.87. The second-order valence-electron chi connectivity index (χ2n) is 4.58. The lowest BCUT2D eigenvalue weighted by atomic mass is 10.1. The topological polar surface area (TPSA) is 34.1 Å². The van der Waals surface area contributed by atoms with Gasteiger partial charge in [-0.1, -0.05) is 6.92 Å². The molecule has 0 fully saturated rings. The fraction of sp³-hybridized carbons (Fsp3) is 0.400. The van der Waals surface area contributed by atoms with Crippen molar-refractivity contribution in [2.75, 3.05) is 11.9 Å². The number of anilines is 1. The monoisotopic (exact) mass is 276 g/mol. The molecule has 0 aromatic carbocycles. The lowest BCUT2D eigenvalue weighted by molar-refractivity contribution is 0.317. The van der Waals surface area contributed by atoms with Crippen molar-refractivity contribution in [2.45, 2.75) is 32.7 Å². The largest absolute Gasteiger partial charge is 0.490 e. The van der Waals surface area contributed by atoms with E-state index in [1.807, 2.05) is 12.1 Å². The summed E-state index contributed by atoms with van der Waals surface area (Å²) in [4.78, 5) is 4.37. The van der Waals surface area contributed by atoms with Crippen LogP contribution < -0.4 is 10.1 Å². The Morgan fingerprint density at radius 3 is 3.05 bits per heavy atom. The van der Waals surface area contributed by atoms with Crippen LogP contribution in [-0.4, -0.2) is 17.6 Å². The van der Waals surface area contributed by atoms with Gasteiger partial charge in [-0.05, 0) is 54.3 Å². The average Bonchev–Trinajstić information content (AvgIpc) is 2.90. The van der Waals surface area contributed by atoms with Crippen LogP contribution >= 0.6 is 11.3 Å². The smallest absolute Gasteiger partial charge is 0.168 e. The zero-order valence-corrected chi connectivity index (χ0v) is 12.2. The van der Waals surface area contributed by atoms with Gasteiger partial charge in [-0.3, -0.25) is 0 Å². The van der Waals surface area contributed by atoms with E-state index in [4.69, 9.17) is 4.74 Å². The predicted octanol–water partition coefficient (Wildman–Crippen LogP) is 3.98. The summed E-state index contributed by atoms with van der Waals surface area (Å²) in [5.74, 6) is 1.67. The highest BCUT2D eigenvalue weighted by Crippen LogP contribution is 2.22. The molecule has 1 unspecified atom stereocenters. The molecule has 0 aliphatic rings. The zero-order valence-electron chi connectivity index (χ0n) is 11.4. The first kappa shape index (κ1) is 13.9. The van der Waals surface area contributed by atoms with Crippen LogP contribution in [0, 0.1) is 0 Å². The molecule has 19 heavy (non-hydrogen) atoms. The molecular weight excluding hydrogens is 256 g/mol. The van der Waals surface area contributed by atoms with Crippen LogP contribution in [0.5, 0.6) is 5.75 Å². The minimum Gasteiger partial charge on any atom is -0.490 e. The van der Waals surface area contributed by atoms with Crippen molar-refractivity contribution in [1.29, 1.82) is 0 Å². The van der Waals surface area contributed by atoms with Crippen molar-refractivity contribution in [1.82, 2.24) is 4.98 Å². The highest BCUT2D eigenvalue weighted by Gasteiger charge is 2.09. The minimum absolute atomic E-state index is 0.327. The Morgan fingerprint density at radius 1 is 1.42 bits per heavy atom. The third-order valence-electron chi connectivity index (χ3n) is 2.74. The van der Waals surface area contributed by atoms with Crippen LogP contribution in [0.2, 0.25) is 0 Å². The molecule has 2 rings (SSSR count). The Labute approximate surface area is 118 Å². The van der Waals surface area contributed by atoms with Gasteiger partial charge in [0, 0.05) is 12.2 Å². The lowest BCUT2D eigenvalue weighted by Crippen LogP contribution is -2.19. The molecule has 1 atom stereocenters. The molecule has 3 nitrogen and oxygen atoms in total. The Hall–Kier alpha value is -1.55. The third-order valence-corrected chi connectivity index (χ3v) is 3.47. The van der Waals surface area contributed by atoms with Crippen molar-refractivity contribution in [3.05, 3.63) is 40.7 Å². The van der Waals surface area contributed by atoms with Gasteiger partial charge in [-0.25, -0.2) is 4.98 Å². The van der Waals surface area contributed by atoms with Crippen molar-refractivity contribution in [2.24, 2.45) is 0 Å². The van der Waals surface area contributed by atoms with Crippen LogP contribution in [0.1, 0.15) is 25.8 Å². The summed E-state index contributed by atoms with van der Waals surface area (Å²) < 4.78 is 5.70. The van der Waals surface area contributed by atoms with E-state index in [2.05, 4.69) is 41.0 Å². The van der Waals surface area contributed by atoms with Gasteiger partial charge in [0.05, 0.1) is 6.61 Å². The van der Waals surface area contributed by atoms with Crippen LogP contribution in [0.4, 0.5) is 5.82 Å². The van der Waals surface area contributed by atoms with E-state index in [1.54, 1.807) is 17.5 Å². The van der Waals surface area contributed by atoms with E-state index < -0.39 is 0 Å². The molecular formula is C15H20N2OS. The summed E-state index contributed by atoms with van der Waals surface area (Å²) in [5.41, 5.74) is 1.36. The molecule has 0 amide bonds. The number of hydrogen-bond donors (Lipinski definition) is 1. The van der Waals surface area contributed by atoms with Crippen molar-refractivity contribution in [3.8, 4) is 5.75 Å². The van der Waals surface area contributed by atoms with Gasteiger partial charge < -0.3 is 10.1 Å². The molecule has 4 heteroatoms. The number of rotatable bonds is 7. The first-order chi connectivity index (χ1) is 9.29. The molecule has 0 saturated heterocycles. The molecule has 1 N–H and O–H groups in total. The highest BCUT2D eigenvalue weighted by atomic mass is 32.1. The zero-order chi connectivity index (χ0) is 13.5. The van der Waals surface area contributed by atoms with E-state index in [0.29, 0.717) is 6.04 Å². The third kappa shape index (κ3) is 4.24. The van der Waals surface area contributed by atoms with Crippen molar-refractivity contribution in [3.63, 3.8) is 0 Å². The second kappa shape index (κ2) is 7.14. The van der Waals surface area contributed by atoms with Crippen LogP contribution in [0.3, 0.4) is 0 Å². The molecule has 2 aromatic heterocycles. The lowest BCUT2D eigenvalue weighted by Gasteiger charge is -2.16. The Kier molecular flexibility index (Phi) is 5.21. The van der Waals surface area contributed by atoms with Gasteiger partial charge in [0.25, 0.3) is 0 Å². The SMILES string of the molecule is CCCOc1cccnc1NC(C)Cc1ccsc1. The molecule has 0 saturated carbocycles. The molecule has 0 radical (unpaired) electrons. The summed E-state index contributed by atoms with van der Waals surface area (Å²) in [5, 5.41) is 7.72. The number of aromatic nitrogens is 1. The maximum atomic E-state index is 5.70. The Bertz CT molecular complexity index is 485. The van der Waals surface area contributed by atoms with Crippen LogP contribution in [0.15, 0.2) is 35.2 Å². The van der Waals surface area contributed by atoms with Gasteiger partial charge in [-0.2, -0.15) is 11.3 Å². The Morgan fingerprint density at radius 2 is 2.32 bits per heavy atom. The normalized spacial score (nSPS) is 12.1. The van der Waals surface area contributed by atoms with Gasteiger partial charge in [0.1, 0.15) is 0 Å². The van der Waals surface area contributed by atoms with E-state index in [-0.39, 0.29) is 0 Å². The number of hydrogen-bond acceptors (Lipinski definition) is 4. The van der Waals surface area contributed by atoms with Gasteiger partial charge in [-0.15, -0.1) is 0 Å². The summed E-state index contributed by atoms with van der Waals surface area (Å²) in [6, 6.07) is 6.35. The maximum absolute atomic E-state index is 5.70. The van der Waals surface area contributed by atoms with E-state index in [0.717, 1.165) is 31.0 Å². The number of thiophene rings is 1. The van der Waals surface area contributed by atoms with Crippen LogP contribution in [-0.2, 0) is 6.42 Å². The molecule has 2 aromatic rings. The van der Waals surface area contributed by atoms with Gasteiger partial charge >= 0.3 is 0 Å². The first-order valence-corrected chi connectivity index (χ1v) is 7.59. The summed E-state index contributed by atoms with van der Waals surface area (Å²) in [6.45, 7) is 4.98. The number of ether oxygens (including phenoxy) is 1. The standard InChI is InChI=1S/C15H20N2OS/c1-3-8-18-14-5-4-7-16-15(14)17-12(2)10-13-6-9-19-11-13/h4-7,9,11-12H,3,8,10H2,1-2H3,(H,16,17). The van der Waals surface area contributed by atoms with Crippen molar-refractivity contribution < 1.29 is 4.74 Å². The number of nitrogens with zero attached hydrogens (tertiary/aromatic N) is 1. The van der Waals surface area contributed by atoms with E-state index in [1.165, 1.54) is 5.56 Å². The highest BCUT2D eigenvalue weighted by molar-refractivity contribution is 7.07. The first-order valence-electron chi connectivity index (χ1n) is 6.65. The summed E-state index contributed by atoms with van der Waals surface area (Å²) in [6.07, 6.45) is 3.78. The molecule has 0 aliphatic carbocycles. The molecule has 0 bridgehead atoms. The Balaban J connectivity index is 1.97. The molecule has 2 heterocycles. The van der Waals surface area contributed by atoms with Gasteiger partial charge in [0.2, 0.25) is 0 Å². The number of nitrogens with one attached hydrogen (secondary N) is 1. The molecule has 0 aliphatic heterocycles. The minimum atomic E-state index is 0.327. The predicted molar refractivity (Wildman–Crippen MR) is 81.1 cm³/mol. The average molecular weight is 276 g/mol. The van der Waals surface area contributed by atoms with E-state index >= 15 is 0 Å².